The Morgan fingerprint density at radius 2 is 1.32 bits per heavy atom. The topological polar surface area (TPSA) is 29.5 Å². The summed E-state index contributed by atoms with van der Waals surface area (Å²) in [6, 6.07) is 7.03. The van der Waals surface area contributed by atoms with Crippen LogP contribution in [0.25, 0.3) is 0 Å². The lowest BCUT2D eigenvalue weighted by molar-refractivity contribution is 0.302. The average Bonchev–Trinajstić information content (AvgIpc) is 2.52. The molecule has 0 saturated heterocycles. The van der Waals surface area contributed by atoms with Gasteiger partial charge in [-0.3, -0.25) is 0 Å². The molecule has 0 aromatic heterocycles. The third-order valence-electron chi connectivity index (χ3n) is 4.08. The maximum Gasteiger partial charge on any atom is 0.122 e. The number of unbranched alkanes of at least 4 members (excludes halogenated alkanes) is 11. The number of aromatic hydroxyl groups is 1. The van der Waals surface area contributed by atoms with Crippen molar-refractivity contribution in [2.75, 3.05) is 6.61 Å². The zero-order chi connectivity index (χ0) is 15.9. The lowest BCUT2D eigenvalue weighted by Gasteiger charge is -2.06. The Morgan fingerprint density at radius 3 is 1.86 bits per heavy atom. The average molecular weight is 306 g/mol. The number of benzene rings is 1. The van der Waals surface area contributed by atoms with Crippen LogP contribution in [0.2, 0.25) is 0 Å². The second-order valence-corrected chi connectivity index (χ2v) is 6.23. The van der Waals surface area contributed by atoms with Gasteiger partial charge in [-0.2, -0.15) is 0 Å². The van der Waals surface area contributed by atoms with Crippen LogP contribution < -0.4 is 4.74 Å². The number of ether oxygens (including phenoxy) is 1. The molecule has 0 aliphatic rings. The quantitative estimate of drug-likeness (QED) is 0.399. The summed E-state index contributed by atoms with van der Waals surface area (Å²) in [5, 5.41) is 9.34. The highest BCUT2D eigenvalue weighted by atomic mass is 16.5. The number of hydrogen-bond acceptors (Lipinski definition) is 2. The number of hydrogen-bond donors (Lipinski definition) is 1. The standard InChI is InChI=1S/C20H34O2/c1-2-3-4-5-6-7-8-9-10-11-12-13-17-22-20-16-14-15-19(21)18-20/h14-16,18,21H,2-13,17H2,1H3. The molecule has 0 aliphatic carbocycles. The molecule has 1 rings (SSSR count). The zero-order valence-electron chi connectivity index (χ0n) is 14.4. The summed E-state index contributed by atoms with van der Waals surface area (Å²) in [4.78, 5) is 0. The fourth-order valence-corrected chi connectivity index (χ4v) is 2.71. The third kappa shape index (κ3) is 10.5. The Bertz CT molecular complexity index is 362. The van der Waals surface area contributed by atoms with Gasteiger partial charge in [0.1, 0.15) is 11.5 Å². The van der Waals surface area contributed by atoms with E-state index in [4.69, 9.17) is 4.74 Å². The molecule has 0 radical (unpaired) electrons. The van der Waals surface area contributed by atoms with E-state index in [1.165, 1.54) is 70.6 Å². The van der Waals surface area contributed by atoms with E-state index >= 15 is 0 Å². The summed E-state index contributed by atoms with van der Waals surface area (Å²) in [6.07, 6.45) is 16.3. The molecule has 1 N–H and O–H groups in total. The molecular weight excluding hydrogens is 272 g/mol. The first-order chi connectivity index (χ1) is 10.8. The van der Waals surface area contributed by atoms with Gasteiger partial charge in [0.15, 0.2) is 0 Å². The predicted octanol–water partition coefficient (Wildman–Crippen LogP) is 6.47. The van der Waals surface area contributed by atoms with Crippen molar-refractivity contribution in [1.29, 1.82) is 0 Å². The molecule has 0 heterocycles. The van der Waals surface area contributed by atoms with Crippen molar-refractivity contribution in [1.82, 2.24) is 0 Å². The second-order valence-electron chi connectivity index (χ2n) is 6.23. The summed E-state index contributed by atoms with van der Waals surface area (Å²) in [7, 11) is 0. The van der Waals surface area contributed by atoms with Crippen LogP contribution in [0.3, 0.4) is 0 Å². The molecule has 126 valence electrons. The molecular formula is C20H34O2. The van der Waals surface area contributed by atoms with Crippen molar-refractivity contribution in [3.8, 4) is 11.5 Å². The van der Waals surface area contributed by atoms with Crippen LogP contribution in [0.5, 0.6) is 11.5 Å². The first-order valence-electron chi connectivity index (χ1n) is 9.24. The molecule has 0 atom stereocenters. The maximum atomic E-state index is 9.34. The van der Waals surface area contributed by atoms with E-state index < -0.39 is 0 Å². The Kier molecular flexibility index (Phi) is 11.6. The number of phenolic OH excluding ortho intramolecular Hbond substituents is 1. The molecule has 0 spiro atoms. The van der Waals surface area contributed by atoms with Crippen molar-refractivity contribution >= 4 is 0 Å². The lowest BCUT2D eigenvalue weighted by atomic mass is 10.1. The van der Waals surface area contributed by atoms with Gasteiger partial charge >= 0.3 is 0 Å². The molecule has 0 aliphatic heterocycles. The molecule has 0 saturated carbocycles. The van der Waals surface area contributed by atoms with Crippen molar-refractivity contribution < 1.29 is 9.84 Å². The van der Waals surface area contributed by atoms with Crippen molar-refractivity contribution in [3.05, 3.63) is 24.3 Å². The Balaban J connectivity index is 1.80. The van der Waals surface area contributed by atoms with Crippen LogP contribution >= 0.6 is 0 Å². The smallest absolute Gasteiger partial charge is 0.122 e. The van der Waals surface area contributed by atoms with Crippen LogP contribution in [0.1, 0.15) is 84.0 Å². The van der Waals surface area contributed by atoms with Gasteiger partial charge in [0.2, 0.25) is 0 Å². The molecule has 22 heavy (non-hydrogen) atoms. The van der Waals surface area contributed by atoms with Gasteiger partial charge < -0.3 is 9.84 Å². The van der Waals surface area contributed by atoms with E-state index in [2.05, 4.69) is 6.92 Å². The monoisotopic (exact) mass is 306 g/mol. The predicted molar refractivity (Wildman–Crippen MR) is 94.7 cm³/mol. The molecule has 0 fully saturated rings. The molecule has 1 aromatic rings. The van der Waals surface area contributed by atoms with Crippen LogP contribution in [-0.4, -0.2) is 11.7 Å². The van der Waals surface area contributed by atoms with E-state index in [1.54, 1.807) is 12.1 Å². The first kappa shape index (κ1) is 18.9. The fraction of sp³-hybridized carbons (Fsp3) is 0.700. The zero-order valence-corrected chi connectivity index (χ0v) is 14.4. The van der Waals surface area contributed by atoms with E-state index in [0.717, 1.165) is 18.8 Å². The van der Waals surface area contributed by atoms with Gasteiger partial charge in [0, 0.05) is 6.07 Å². The van der Waals surface area contributed by atoms with Gasteiger partial charge in [-0.05, 0) is 18.6 Å². The van der Waals surface area contributed by atoms with Crippen molar-refractivity contribution in [2.24, 2.45) is 0 Å². The fourth-order valence-electron chi connectivity index (χ4n) is 2.71. The van der Waals surface area contributed by atoms with E-state index in [1.807, 2.05) is 12.1 Å². The largest absolute Gasteiger partial charge is 0.508 e. The van der Waals surface area contributed by atoms with E-state index in [0.29, 0.717) is 0 Å². The third-order valence-corrected chi connectivity index (χ3v) is 4.08. The van der Waals surface area contributed by atoms with Gasteiger partial charge in [0.25, 0.3) is 0 Å². The number of phenols is 1. The van der Waals surface area contributed by atoms with E-state index in [9.17, 15) is 5.11 Å². The second kappa shape index (κ2) is 13.5. The lowest BCUT2D eigenvalue weighted by Crippen LogP contribution is -1.97. The highest BCUT2D eigenvalue weighted by molar-refractivity contribution is 5.31. The summed E-state index contributed by atoms with van der Waals surface area (Å²) in [6.45, 7) is 3.02. The summed E-state index contributed by atoms with van der Waals surface area (Å²) in [5.41, 5.74) is 0. The SMILES string of the molecule is CCCCCCCCCCCCCCOc1cccc(O)c1. The molecule has 0 amide bonds. The summed E-state index contributed by atoms with van der Waals surface area (Å²) >= 11 is 0. The van der Waals surface area contributed by atoms with Crippen LogP contribution in [-0.2, 0) is 0 Å². The molecule has 0 bridgehead atoms. The molecule has 1 aromatic carbocycles. The molecule has 0 unspecified atom stereocenters. The molecule has 2 heteroatoms. The summed E-state index contributed by atoms with van der Waals surface area (Å²) in [5.74, 6) is 1.04. The normalized spacial score (nSPS) is 10.8. The van der Waals surface area contributed by atoms with Gasteiger partial charge in [-0.1, -0.05) is 83.6 Å². The first-order valence-corrected chi connectivity index (χ1v) is 9.24. The highest BCUT2D eigenvalue weighted by Crippen LogP contribution is 2.18. The molecule has 2 nitrogen and oxygen atoms in total. The Hall–Kier alpha value is -1.18. The van der Waals surface area contributed by atoms with E-state index in [-0.39, 0.29) is 5.75 Å². The van der Waals surface area contributed by atoms with Crippen LogP contribution in [0.15, 0.2) is 24.3 Å². The van der Waals surface area contributed by atoms with Crippen molar-refractivity contribution in [3.63, 3.8) is 0 Å². The van der Waals surface area contributed by atoms with Crippen LogP contribution in [0, 0.1) is 0 Å². The maximum absolute atomic E-state index is 9.34. The number of rotatable bonds is 14. The van der Waals surface area contributed by atoms with Crippen LogP contribution in [0.4, 0.5) is 0 Å². The van der Waals surface area contributed by atoms with Gasteiger partial charge in [-0.25, -0.2) is 0 Å². The van der Waals surface area contributed by atoms with Crippen molar-refractivity contribution in [2.45, 2.75) is 84.0 Å². The Morgan fingerprint density at radius 1 is 0.773 bits per heavy atom. The minimum absolute atomic E-state index is 0.271. The van der Waals surface area contributed by atoms with Gasteiger partial charge in [-0.15, -0.1) is 0 Å². The minimum atomic E-state index is 0.271. The minimum Gasteiger partial charge on any atom is -0.508 e. The highest BCUT2D eigenvalue weighted by Gasteiger charge is 1.96. The Labute approximate surface area is 136 Å². The summed E-state index contributed by atoms with van der Waals surface area (Å²) < 4.78 is 5.62. The van der Waals surface area contributed by atoms with Gasteiger partial charge in [0.05, 0.1) is 6.61 Å².